The Hall–Kier alpha value is -1.07. The fourth-order valence-electron chi connectivity index (χ4n) is 2.03. The molecule has 0 unspecified atom stereocenters. The van der Waals surface area contributed by atoms with Crippen molar-refractivity contribution >= 4 is 34.8 Å². The van der Waals surface area contributed by atoms with E-state index in [1.165, 1.54) is 11.3 Å². The first kappa shape index (κ1) is 12.4. The van der Waals surface area contributed by atoms with Crippen LogP contribution in [0.5, 0.6) is 0 Å². The molecule has 0 bridgehead atoms. The Morgan fingerprint density at radius 3 is 2.71 bits per heavy atom. The molecule has 0 aliphatic heterocycles. The number of nitrogens with one attached hydrogen (secondary N) is 1. The number of carboxylic acid groups (broad SMARTS) is 1. The van der Waals surface area contributed by atoms with E-state index in [1.807, 2.05) is 0 Å². The van der Waals surface area contributed by atoms with E-state index in [-0.39, 0.29) is 17.9 Å². The Balaban J connectivity index is 1.90. The van der Waals surface area contributed by atoms with E-state index in [9.17, 15) is 9.59 Å². The van der Waals surface area contributed by atoms with E-state index in [1.54, 1.807) is 12.1 Å². The minimum atomic E-state index is -0.777. The van der Waals surface area contributed by atoms with Gasteiger partial charge in [0.15, 0.2) is 0 Å². The lowest BCUT2D eigenvalue weighted by atomic mass is 10.1. The fraction of sp³-hybridized carbons (Fsp3) is 0.455. The predicted octanol–water partition coefficient (Wildman–Crippen LogP) is 2.38. The monoisotopic (exact) mass is 273 g/mol. The third-order valence-electron chi connectivity index (χ3n) is 2.91. The Kier molecular flexibility index (Phi) is 3.69. The number of carbonyl (C=O) groups is 2. The summed E-state index contributed by atoms with van der Waals surface area (Å²) in [5.41, 5.74) is 0. The average Bonchev–Trinajstić information content (AvgIpc) is 2.86. The number of hydrogen-bond acceptors (Lipinski definition) is 3. The summed E-state index contributed by atoms with van der Waals surface area (Å²) in [5, 5.41) is 11.7. The summed E-state index contributed by atoms with van der Waals surface area (Å²) in [6.07, 6.45) is 1.87. The number of carbonyl (C=O) groups excluding carboxylic acids is 1. The van der Waals surface area contributed by atoms with E-state index >= 15 is 0 Å². The summed E-state index contributed by atoms with van der Waals surface area (Å²) in [7, 11) is 0. The molecule has 4 nitrogen and oxygen atoms in total. The summed E-state index contributed by atoms with van der Waals surface area (Å²) in [5.74, 6) is -1.27. The third kappa shape index (κ3) is 2.98. The second-order valence-corrected chi connectivity index (χ2v) is 5.84. The van der Waals surface area contributed by atoms with Gasteiger partial charge in [0.1, 0.15) is 0 Å². The van der Waals surface area contributed by atoms with E-state index in [4.69, 9.17) is 16.7 Å². The Bertz CT molecular complexity index is 446. The molecule has 2 N–H and O–H groups in total. The van der Waals surface area contributed by atoms with Gasteiger partial charge in [0.05, 0.1) is 15.1 Å². The molecule has 2 atom stereocenters. The Labute approximate surface area is 108 Å². The molecule has 2 rings (SSSR count). The van der Waals surface area contributed by atoms with Gasteiger partial charge in [0.2, 0.25) is 0 Å². The molecule has 6 heteroatoms. The average molecular weight is 274 g/mol. The maximum absolute atomic E-state index is 11.8. The van der Waals surface area contributed by atoms with Crippen LogP contribution < -0.4 is 5.32 Å². The SMILES string of the molecule is O=C(N[C@@H]1CC[C@@H](C(=O)O)C1)c1ccc(Cl)s1. The minimum Gasteiger partial charge on any atom is -0.481 e. The molecule has 17 heavy (non-hydrogen) atoms. The molecule has 0 saturated heterocycles. The van der Waals surface area contributed by atoms with Crippen molar-refractivity contribution in [3.63, 3.8) is 0 Å². The van der Waals surface area contributed by atoms with Gasteiger partial charge in [-0.3, -0.25) is 9.59 Å². The maximum atomic E-state index is 11.8. The lowest BCUT2D eigenvalue weighted by Crippen LogP contribution is -2.32. The van der Waals surface area contributed by atoms with Crippen molar-refractivity contribution in [3.8, 4) is 0 Å². The summed E-state index contributed by atoms with van der Waals surface area (Å²) in [6.45, 7) is 0. The van der Waals surface area contributed by atoms with Gasteiger partial charge < -0.3 is 10.4 Å². The van der Waals surface area contributed by atoms with Crippen molar-refractivity contribution in [2.75, 3.05) is 0 Å². The summed E-state index contributed by atoms with van der Waals surface area (Å²) >= 11 is 6.97. The van der Waals surface area contributed by atoms with Crippen LogP contribution >= 0.6 is 22.9 Å². The van der Waals surface area contributed by atoms with Gasteiger partial charge in [0, 0.05) is 6.04 Å². The van der Waals surface area contributed by atoms with E-state index in [0.717, 1.165) is 6.42 Å². The Morgan fingerprint density at radius 2 is 2.18 bits per heavy atom. The van der Waals surface area contributed by atoms with E-state index in [2.05, 4.69) is 5.32 Å². The summed E-state index contributed by atoms with van der Waals surface area (Å²) < 4.78 is 0.574. The number of aliphatic carboxylic acids is 1. The first-order valence-corrected chi connectivity index (χ1v) is 6.54. The molecule has 0 radical (unpaired) electrons. The van der Waals surface area contributed by atoms with Crippen molar-refractivity contribution in [1.82, 2.24) is 5.32 Å². The highest BCUT2D eigenvalue weighted by Crippen LogP contribution is 2.27. The highest BCUT2D eigenvalue weighted by Gasteiger charge is 2.30. The van der Waals surface area contributed by atoms with Gasteiger partial charge in [0.25, 0.3) is 5.91 Å². The van der Waals surface area contributed by atoms with Gasteiger partial charge in [-0.1, -0.05) is 11.6 Å². The normalized spacial score (nSPS) is 23.6. The van der Waals surface area contributed by atoms with Crippen LogP contribution in [0, 0.1) is 5.92 Å². The van der Waals surface area contributed by atoms with Crippen LogP contribution in [0.2, 0.25) is 4.34 Å². The fourth-order valence-corrected chi connectivity index (χ4v) is 2.98. The first-order valence-electron chi connectivity index (χ1n) is 5.35. The van der Waals surface area contributed by atoms with Crippen LogP contribution in [0.4, 0.5) is 0 Å². The van der Waals surface area contributed by atoms with Crippen LogP contribution in [-0.4, -0.2) is 23.0 Å². The van der Waals surface area contributed by atoms with Crippen molar-refractivity contribution in [2.24, 2.45) is 5.92 Å². The van der Waals surface area contributed by atoms with Crippen LogP contribution in [0.25, 0.3) is 0 Å². The smallest absolute Gasteiger partial charge is 0.306 e. The van der Waals surface area contributed by atoms with Crippen LogP contribution in [0.3, 0.4) is 0 Å². The molecule has 0 aromatic carbocycles. The van der Waals surface area contributed by atoms with Crippen molar-refractivity contribution in [3.05, 3.63) is 21.3 Å². The molecule has 1 amide bonds. The molecule has 92 valence electrons. The molecule has 1 fully saturated rings. The largest absolute Gasteiger partial charge is 0.481 e. The molecule has 1 aromatic rings. The summed E-state index contributed by atoms with van der Waals surface area (Å²) in [4.78, 5) is 23.1. The lowest BCUT2D eigenvalue weighted by molar-refractivity contribution is -0.141. The Morgan fingerprint density at radius 1 is 1.41 bits per heavy atom. The molecule has 0 spiro atoms. The molecular formula is C11H12ClNO3S. The van der Waals surface area contributed by atoms with E-state index < -0.39 is 5.97 Å². The van der Waals surface area contributed by atoms with Crippen LogP contribution in [0.15, 0.2) is 12.1 Å². The standard InChI is InChI=1S/C11H12ClNO3S/c12-9-4-3-8(17-9)10(14)13-7-2-1-6(5-7)11(15)16/h3-4,6-7H,1-2,5H2,(H,13,14)(H,15,16)/t6-,7-/m1/s1. The molecule has 1 aromatic heterocycles. The number of halogens is 1. The lowest BCUT2D eigenvalue weighted by Gasteiger charge is -2.11. The van der Waals surface area contributed by atoms with Crippen molar-refractivity contribution in [1.29, 1.82) is 0 Å². The van der Waals surface area contributed by atoms with Gasteiger partial charge >= 0.3 is 5.97 Å². The molecular weight excluding hydrogens is 262 g/mol. The highest BCUT2D eigenvalue weighted by molar-refractivity contribution is 7.17. The van der Waals surface area contributed by atoms with Crippen LogP contribution in [0.1, 0.15) is 28.9 Å². The number of rotatable bonds is 3. The molecule has 1 saturated carbocycles. The van der Waals surface area contributed by atoms with Gasteiger partial charge in [-0.2, -0.15) is 0 Å². The summed E-state index contributed by atoms with van der Waals surface area (Å²) in [6, 6.07) is 3.31. The zero-order valence-electron chi connectivity index (χ0n) is 8.98. The highest BCUT2D eigenvalue weighted by atomic mass is 35.5. The number of carboxylic acids is 1. The second kappa shape index (κ2) is 5.06. The zero-order valence-corrected chi connectivity index (χ0v) is 10.6. The second-order valence-electron chi connectivity index (χ2n) is 4.12. The molecule has 1 aliphatic rings. The van der Waals surface area contributed by atoms with Crippen LogP contribution in [-0.2, 0) is 4.79 Å². The first-order chi connectivity index (χ1) is 8.06. The predicted molar refractivity (Wildman–Crippen MR) is 65.6 cm³/mol. The zero-order chi connectivity index (χ0) is 12.4. The van der Waals surface area contributed by atoms with Crippen molar-refractivity contribution in [2.45, 2.75) is 25.3 Å². The quantitative estimate of drug-likeness (QED) is 0.889. The minimum absolute atomic E-state index is 0.0375. The topological polar surface area (TPSA) is 66.4 Å². The maximum Gasteiger partial charge on any atom is 0.306 e. The number of amides is 1. The van der Waals surface area contributed by atoms with Crippen molar-refractivity contribution < 1.29 is 14.7 Å². The molecule has 1 aliphatic carbocycles. The third-order valence-corrected chi connectivity index (χ3v) is 4.14. The van der Waals surface area contributed by atoms with E-state index in [0.29, 0.717) is 22.1 Å². The van der Waals surface area contributed by atoms with Gasteiger partial charge in [-0.25, -0.2) is 0 Å². The van der Waals surface area contributed by atoms with Gasteiger partial charge in [-0.15, -0.1) is 11.3 Å². The van der Waals surface area contributed by atoms with Gasteiger partial charge in [-0.05, 0) is 31.4 Å². The molecule has 1 heterocycles. The number of hydrogen-bond donors (Lipinski definition) is 2. The number of thiophene rings is 1.